The van der Waals surface area contributed by atoms with E-state index in [9.17, 15) is 14.4 Å². The number of hydrogen-bond acceptors (Lipinski definition) is 6. The van der Waals surface area contributed by atoms with Gasteiger partial charge in [-0.15, -0.1) is 0 Å². The normalized spacial score (nSPS) is 12.6. The molecule has 0 heterocycles. The van der Waals surface area contributed by atoms with Gasteiger partial charge in [-0.3, -0.25) is 14.4 Å². The maximum Gasteiger partial charge on any atom is 0.306 e. The molecule has 0 saturated carbocycles. The van der Waals surface area contributed by atoms with E-state index in [1.165, 1.54) is 122 Å². The summed E-state index contributed by atoms with van der Waals surface area (Å²) in [6, 6.07) is 0. The van der Waals surface area contributed by atoms with Crippen molar-refractivity contribution in [2.45, 2.75) is 264 Å². The van der Waals surface area contributed by atoms with Gasteiger partial charge in [0.15, 0.2) is 6.10 Å². The van der Waals surface area contributed by atoms with Gasteiger partial charge in [0.25, 0.3) is 0 Å². The average Bonchev–Trinajstić information content (AvgIpc) is 3.29. The number of allylic oxidation sites excluding steroid dienone is 12. The van der Waals surface area contributed by atoms with Crippen LogP contribution in [0.25, 0.3) is 0 Å². The lowest BCUT2D eigenvalue weighted by Crippen LogP contribution is -2.30. The van der Waals surface area contributed by atoms with Crippen molar-refractivity contribution in [1.29, 1.82) is 0 Å². The maximum absolute atomic E-state index is 12.8. The third-order valence-electron chi connectivity index (χ3n) is 11.4. The Labute approximate surface area is 395 Å². The van der Waals surface area contributed by atoms with Gasteiger partial charge in [0.1, 0.15) is 13.2 Å². The zero-order valence-electron chi connectivity index (χ0n) is 42.0. The molecule has 0 bridgehead atoms. The molecular formula is C58H100O6. The third-order valence-corrected chi connectivity index (χ3v) is 11.4. The molecule has 0 rings (SSSR count). The molecule has 0 saturated heterocycles. The average molecular weight is 893 g/mol. The molecule has 0 spiro atoms. The van der Waals surface area contributed by atoms with Crippen molar-refractivity contribution in [2.75, 3.05) is 13.2 Å². The molecule has 6 heteroatoms. The lowest BCUT2D eigenvalue weighted by molar-refractivity contribution is -0.167. The molecule has 0 amide bonds. The highest BCUT2D eigenvalue weighted by Gasteiger charge is 2.19. The summed E-state index contributed by atoms with van der Waals surface area (Å²) in [5.74, 6) is -0.968. The van der Waals surface area contributed by atoms with Crippen LogP contribution in [0.2, 0.25) is 0 Å². The molecule has 1 unspecified atom stereocenters. The van der Waals surface area contributed by atoms with Crippen molar-refractivity contribution in [2.24, 2.45) is 0 Å². The summed E-state index contributed by atoms with van der Waals surface area (Å²) in [4.78, 5) is 38.0. The third kappa shape index (κ3) is 49.9. The lowest BCUT2D eigenvalue weighted by Gasteiger charge is -2.18. The molecule has 0 aromatic heterocycles. The molecule has 0 N–H and O–H groups in total. The molecule has 0 fully saturated rings. The van der Waals surface area contributed by atoms with Crippen molar-refractivity contribution in [3.63, 3.8) is 0 Å². The van der Waals surface area contributed by atoms with Crippen LogP contribution in [0.5, 0.6) is 0 Å². The van der Waals surface area contributed by atoms with Crippen molar-refractivity contribution >= 4 is 17.9 Å². The highest BCUT2D eigenvalue weighted by atomic mass is 16.6. The molecule has 0 radical (unpaired) electrons. The summed E-state index contributed by atoms with van der Waals surface area (Å²) in [6.45, 7) is 6.47. The SMILES string of the molecule is CC/C=C\C/C=C\C/C=C\C/C=C\C/C=C\CCCC(=O)OCC(COC(=O)CCCCC/C=C\CCCCCCCC)OC(=O)CCCCCCCCCCCCCCCCCC. The van der Waals surface area contributed by atoms with Gasteiger partial charge in [-0.1, -0.05) is 229 Å². The van der Waals surface area contributed by atoms with Crippen LogP contribution < -0.4 is 0 Å². The smallest absolute Gasteiger partial charge is 0.306 e. The highest BCUT2D eigenvalue weighted by molar-refractivity contribution is 5.71. The molecule has 0 aliphatic heterocycles. The van der Waals surface area contributed by atoms with Crippen molar-refractivity contribution in [3.8, 4) is 0 Å². The van der Waals surface area contributed by atoms with E-state index in [-0.39, 0.29) is 37.5 Å². The fourth-order valence-corrected chi connectivity index (χ4v) is 7.41. The Balaban J connectivity index is 4.47. The Bertz CT molecular complexity index is 1210. The second-order valence-electron chi connectivity index (χ2n) is 17.8. The number of esters is 3. The van der Waals surface area contributed by atoms with E-state index in [0.29, 0.717) is 19.3 Å². The van der Waals surface area contributed by atoms with Gasteiger partial charge >= 0.3 is 17.9 Å². The fourth-order valence-electron chi connectivity index (χ4n) is 7.41. The summed E-state index contributed by atoms with van der Waals surface area (Å²) in [7, 11) is 0. The molecule has 0 aliphatic carbocycles. The van der Waals surface area contributed by atoms with E-state index in [0.717, 1.165) is 89.9 Å². The first-order valence-corrected chi connectivity index (χ1v) is 26.9. The maximum atomic E-state index is 12.8. The number of hydrogen-bond donors (Lipinski definition) is 0. The second kappa shape index (κ2) is 52.5. The van der Waals surface area contributed by atoms with Crippen LogP contribution in [-0.4, -0.2) is 37.2 Å². The number of ether oxygens (including phenoxy) is 3. The number of carbonyl (C=O) groups is 3. The van der Waals surface area contributed by atoms with E-state index in [1.807, 2.05) is 0 Å². The Kier molecular flexibility index (Phi) is 49.9. The van der Waals surface area contributed by atoms with E-state index >= 15 is 0 Å². The van der Waals surface area contributed by atoms with Gasteiger partial charge < -0.3 is 14.2 Å². The molecule has 1 atom stereocenters. The Hall–Kier alpha value is -3.15. The summed E-state index contributed by atoms with van der Waals surface area (Å²) >= 11 is 0. The predicted octanol–water partition coefficient (Wildman–Crippen LogP) is 17.8. The minimum atomic E-state index is -0.802. The summed E-state index contributed by atoms with van der Waals surface area (Å²) in [5, 5.41) is 0. The standard InChI is InChI=1S/C58H100O6/c1-4-7-10-13-16-19-22-25-27-29-31-33-36-39-42-45-48-51-57(60)63-54-55(53-62-56(59)50-47-44-41-38-35-32-24-21-18-15-12-9-6-3)64-58(61)52-49-46-43-40-37-34-30-28-26-23-20-17-14-11-8-5-2/h7,10,16,19,25,27,31-33,35,39,42,55H,4-6,8-9,11-15,17-18,20-24,26,28-30,34,36-38,40-41,43-54H2,1-3H3/b10-7-,19-16-,27-25-,33-31-,35-32-,42-39-. The first-order chi connectivity index (χ1) is 31.5. The number of rotatable bonds is 48. The molecule has 6 nitrogen and oxygen atoms in total. The zero-order chi connectivity index (χ0) is 46.5. The fraction of sp³-hybridized carbons (Fsp3) is 0.741. The topological polar surface area (TPSA) is 78.9 Å². The Morgan fingerprint density at radius 3 is 1.05 bits per heavy atom. The van der Waals surface area contributed by atoms with Crippen LogP contribution in [0.4, 0.5) is 0 Å². The van der Waals surface area contributed by atoms with E-state index in [1.54, 1.807) is 0 Å². The van der Waals surface area contributed by atoms with Crippen molar-refractivity contribution in [3.05, 3.63) is 72.9 Å². The molecule has 0 aliphatic rings. The molecule has 368 valence electrons. The second-order valence-corrected chi connectivity index (χ2v) is 17.8. The molecule has 0 aromatic carbocycles. The highest BCUT2D eigenvalue weighted by Crippen LogP contribution is 2.15. The number of unbranched alkanes of at least 4 members (excludes halogenated alkanes) is 25. The summed E-state index contributed by atoms with van der Waals surface area (Å²) in [5.41, 5.74) is 0. The molecular weight excluding hydrogens is 793 g/mol. The van der Waals surface area contributed by atoms with Gasteiger partial charge in [-0.05, 0) is 83.5 Å². The lowest BCUT2D eigenvalue weighted by atomic mass is 10.0. The summed E-state index contributed by atoms with van der Waals surface area (Å²) < 4.78 is 16.8. The van der Waals surface area contributed by atoms with Gasteiger partial charge in [-0.25, -0.2) is 0 Å². The summed E-state index contributed by atoms with van der Waals surface area (Å²) in [6.07, 6.45) is 66.1. The van der Waals surface area contributed by atoms with Crippen LogP contribution in [0.15, 0.2) is 72.9 Å². The van der Waals surface area contributed by atoms with Crippen LogP contribution in [0.1, 0.15) is 258 Å². The first kappa shape index (κ1) is 60.9. The van der Waals surface area contributed by atoms with Crippen molar-refractivity contribution in [1.82, 2.24) is 0 Å². The van der Waals surface area contributed by atoms with E-state index < -0.39 is 6.10 Å². The number of carbonyl (C=O) groups excluding carboxylic acids is 3. The first-order valence-electron chi connectivity index (χ1n) is 26.9. The van der Waals surface area contributed by atoms with E-state index in [4.69, 9.17) is 14.2 Å². The van der Waals surface area contributed by atoms with Crippen LogP contribution in [0, 0.1) is 0 Å². The van der Waals surface area contributed by atoms with Gasteiger partial charge in [0.2, 0.25) is 0 Å². The zero-order valence-corrected chi connectivity index (χ0v) is 42.0. The van der Waals surface area contributed by atoms with Gasteiger partial charge in [-0.2, -0.15) is 0 Å². The largest absolute Gasteiger partial charge is 0.462 e. The molecule has 64 heavy (non-hydrogen) atoms. The van der Waals surface area contributed by atoms with Crippen LogP contribution in [-0.2, 0) is 28.6 Å². The Morgan fingerprint density at radius 2 is 0.625 bits per heavy atom. The monoisotopic (exact) mass is 893 g/mol. The Morgan fingerprint density at radius 1 is 0.328 bits per heavy atom. The minimum absolute atomic E-state index is 0.0992. The van der Waals surface area contributed by atoms with Crippen molar-refractivity contribution < 1.29 is 28.6 Å². The molecule has 0 aromatic rings. The van der Waals surface area contributed by atoms with Crippen LogP contribution in [0.3, 0.4) is 0 Å². The van der Waals surface area contributed by atoms with E-state index in [2.05, 4.69) is 93.7 Å². The van der Waals surface area contributed by atoms with Crippen LogP contribution >= 0.6 is 0 Å². The van der Waals surface area contributed by atoms with Gasteiger partial charge in [0.05, 0.1) is 0 Å². The minimum Gasteiger partial charge on any atom is -0.462 e. The predicted molar refractivity (Wildman–Crippen MR) is 274 cm³/mol. The van der Waals surface area contributed by atoms with Gasteiger partial charge in [0, 0.05) is 19.3 Å². The quantitative estimate of drug-likeness (QED) is 0.0262.